The summed E-state index contributed by atoms with van der Waals surface area (Å²) in [6.45, 7) is 1.73. The first-order chi connectivity index (χ1) is 19.8. The number of aliphatic hydroxyl groups is 6. The van der Waals surface area contributed by atoms with Crippen molar-refractivity contribution in [2.24, 2.45) is 17.2 Å². The van der Waals surface area contributed by atoms with Crippen LogP contribution in [0.5, 0.6) is 0 Å². The molecule has 0 radical (unpaired) electrons. The number of ether oxygens (including phenoxy) is 4. The van der Waals surface area contributed by atoms with Crippen LogP contribution < -0.4 is 33.2 Å². The SMILES string of the molecule is CN[C@@H]1[C@@H](O)[C@@H](O[C@@H]2[C@@H](O)[C@H](O[C@H]3O[C@H](CNCCO)CC[C@H]3N)[C@@H](N)C[C@H]2NC(=O)[C@@H](O)[C@@H](O)CN)OC[C@]1(C)O. The van der Waals surface area contributed by atoms with E-state index < -0.39 is 84.9 Å². The monoisotopic (exact) mass is 610 g/mol. The van der Waals surface area contributed by atoms with E-state index in [1.54, 1.807) is 7.05 Å². The molecule has 17 nitrogen and oxygen atoms in total. The van der Waals surface area contributed by atoms with Crippen LogP contribution in [0.3, 0.4) is 0 Å². The van der Waals surface area contributed by atoms with Gasteiger partial charge in [0, 0.05) is 25.7 Å². The van der Waals surface area contributed by atoms with E-state index in [2.05, 4.69) is 16.0 Å². The van der Waals surface area contributed by atoms with E-state index in [1.165, 1.54) is 6.92 Å². The molecule has 246 valence electrons. The summed E-state index contributed by atoms with van der Waals surface area (Å²) in [5.41, 5.74) is 16.6. The van der Waals surface area contributed by atoms with Crippen molar-refractivity contribution in [3.8, 4) is 0 Å². The smallest absolute Gasteiger partial charge is 0.251 e. The van der Waals surface area contributed by atoms with Gasteiger partial charge >= 0.3 is 0 Å². The molecule has 42 heavy (non-hydrogen) atoms. The summed E-state index contributed by atoms with van der Waals surface area (Å²) < 4.78 is 23.8. The molecule has 2 aliphatic heterocycles. The Balaban J connectivity index is 1.80. The number of rotatable bonds is 13. The molecule has 3 rings (SSSR count). The highest BCUT2D eigenvalue weighted by Crippen LogP contribution is 2.32. The first-order valence-corrected chi connectivity index (χ1v) is 14.4. The number of amides is 1. The van der Waals surface area contributed by atoms with Crippen molar-refractivity contribution in [3.63, 3.8) is 0 Å². The molecule has 0 aromatic heterocycles. The summed E-state index contributed by atoms with van der Waals surface area (Å²) in [6, 6.07) is -3.27. The predicted octanol–water partition coefficient (Wildman–Crippen LogP) is -6.52. The lowest BCUT2D eigenvalue weighted by Gasteiger charge is -2.49. The van der Waals surface area contributed by atoms with E-state index in [-0.39, 0.29) is 32.3 Å². The molecule has 0 aromatic rings. The van der Waals surface area contributed by atoms with Crippen molar-refractivity contribution in [1.29, 1.82) is 0 Å². The van der Waals surface area contributed by atoms with Gasteiger partial charge in [0.25, 0.3) is 5.91 Å². The molecule has 0 spiro atoms. The fourth-order valence-corrected chi connectivity index (χ4v) is 5.68. The molecule has 1 amide bonds. The summed E-state index contributed by atoms with van der Waals surface area (Å²) in [6.07, 6.45) is -9.98. The minimum absolute atomic E-state index is 0.0109. The Kier molecular flexibility index (Phi) is 13.2. The van der Waals surface area contributed by atoms with Crippen molar-refractivity contribution in [3.05, 3.63) is 0 Å². The molecule has 3 aliphatic rings. The minimum Gasteiger partial charge on any atom is -0.395 e. The summed E-state index contributed by atoms with van der Waals surface area (Å²) in [5.74, 6) is -0.970. The number of nitrogens with one attached hydrogen (secondary N) is 3. The topological polar surface area (TPSA) is 290 Å². The number of aliphatic hydroxyl groups excluding tert-OH is 5. The van der Waals surface area contributed by atoms with Gasteiger partial charge in [-0.1, -0.05) is 0 Å². The van der Waals surface area contributed by atoms with Crippen LogP contribution in [0.25, 0.3) is 0 Å². The van der Waals surface area contributed by atoms with Gasteiger partial charge in [0.05, 0.1) is 37.4 Å². The fraction of sp³-hybridized carbons (Fsp3) is 0.960. The summed E-state index contributed by atoms with van der Waals surface area (Å²) in [4.78, 5) is 12.7. The lowest BCUT2D eigenvalue weighted by molar-refractivity contribution is -0.307. The van der Waals surface area contributed by atoms with E-state index in [0.29, 0.717) is 25.9 Å². The molecular formula is C25H50N6O11. The minimum atomic E-state index is -1.86. The van der Waals surface area contributed by atoms with Crippen LogP contribution in [0.15, 0.2) is 0 Å². The van der Waals surface area contributed by atoms with Gasteiger partial charge in [-0.05, 0) is 33.2 Å². The third kappa shape index (κ3) is 8.52. The van der Waals surface area contributed by atoms with Crippen LogP contribution in [0.2, 0.25) is 0 Å². The normalized spacial score (nSPS) is 42.6. The van der Waals surface area contributed by atoms with Crippen LogP contribution in [-0.2, 0) is 23.7 Å². The Labute approximate surface area is 245 Å². The Morgan fingerprint density at radius 1 is 1.10 bits per heavy atom. The molecule has 0 unspecified atom stereocenters. The lowest BCUT2D eigenvalue weighted by atomic mass is 9.83. The zero-order valence-corrected chi connectivity index (χ0v) is 24.1. The Morgan fingerprint density at radius 2 is 1.79 bits per heavy atom. The van der Waals surface area contributed by atoms with Crippen molar-refractivity contribution in [1.82, 2.24) is 16.0 Å². The number of likely N-dealkylation sites (N-methyl/N-ethyl adjacent to an activating group) is 1. The zero-order chi connectivity index (χ0) is 31.2. The van der Waals surface area contributed by atoms with E-state index in [9.17, 15) is 30.3 Å². The molecule has 14 atom stereocenters. The maximum atomic E-state index is 12.7. The van der Waals surface area contributed by atoms with E-state index in [0.717, 1.165) is 0 Å². The van der Waals surface area contributed by atoms with Crippen LogP contribution in [0.4, 0.5) is 0 Å². The Hall–Kier alpha value is -1.13. The summed E-state index contributed by atoms with van der Waals surface area (Å²) in [7, 11) is 1.55. The second-order valence-corrected chi connectivity index (χ2v) is 11.5. The number of hydrogen-bond donors (Lipinski definition) is 12. The van der Waals surface area contributed by atoms with Crippen LogP contribution >= 0.6 is 0 Å². The first-order valence-electron chi connectivity index (χ1n) is 14.4. The molecule has 0 bridgehead atoms. The summed E-state index contributed by atoms with van der Waals surface area (Å²) in [5, 5.41) is 70.6. The molecule has 3 fully saturated rings. The molecule has 0 aromatic carbocycles. The Bertz CT molecular complexity index is 847. The van der Waals surface area contributed by atoms with Crippen LogP contribution in [0.1, 0.15) is 26.2 Å². The van der Waals surface area contributed by atoms with Gasteiger partial charge in [-0.25, -0.2) is 0 Å². The van der Waals surface area contributed by atoms with Gasteiger partial charge in [0.15, 0.2) is 18.7 Å². The maximum absolute atomic E-state index is 12.7. The molecule has 1 aliphatic carbocycles. The van der Waals surface area contributed by atoms with E-state index >= 15 is 0 Å². The van der Waals surface area contributed by atoms with Crippen molar-refractivity contribution < 1.29 is 54.4 Å². The van der Waals surface area contributed by atoms with Gasteiger partial charge in [-0.2, -0.15) is 0 Å². The van der Waals surface area contributed by atoms with Gasteiger partial charge in [0.2, 0.25) is 0 Å². The predicted molar refractivity (Wildman–Crippen MR) is 146 cm³/mol. The molecule has 2 saturated heterocycles. The molecule has 2 heterocycles. The largest absolute Gasteiger partial charge is 0.395 e. The van der Waals surface area contributed by atoms with Crippen molar-refractivity contribution in [2.75, 3.05) is 39.9 Å². The highest BCUT2D eigenvalue weighted by atomic mass is 16.7. The van der Waals surface area contributed by atoms with E-state index in [4.69, 9.17) is 41.3 Å². The van der Waals surface area contributed by atoms with Crippen molar-refractivity contribution >= 4 is 5.91 Å². The summed E-state index contributed by atoms with van der Waals surface area (Å²) >= 11 is 0. The highest BCUT2D eigenvalue weighted by Gasteiger charge is 2.52. The molecule has 15 N–H and O–H groups in total. The van der Waals surface area contributed by atoms with Gasteiger partial charge < -0.3 is 82.7 Å². The second-order valence-electron chi connectivity index (χ2n) is 11.5. The number of carbonyl (C=O) groups excluding carboxylic acids is 1. The number of carbonyl (C=O) groups is 1. The third-order valence-corrected chi connectivity index (χ3v) is 8.10. The van der Waals surface area contributed by atoms with Gasteiger partial charge in [-0.3, -0.25) is 4.79 Å². The number of hydrogen-bond acceptors (Lipinski definition) is 16. The fourth-order valence-electron chi connectivity index (χ4n) is 5.68. The highest BCUT2D eigenvalue weighted by molar-refractivity contribution is 5.81. The second kappa shape index (κ2) is 15.7. The van der Waals surface area contributed by atoms with Crippen molar-refractivity contribution in [2.45, 2.75) is 111 Å². The lowest BCUT2D eigenvalue weighted by Crippen LogP contribution is -2.69. The average Bonchev–Trinajstić information content (AvgIpc) is 2.94. The molecule has 1 saturated carbocycles. The molecule has 17 heteroatoms. The maximum Gasteiger partial charge on any atom is 0.251 e. The van der Waals surface area contributed by atoms with Gasteiger partial charge in [0.1, 0.15) is 36.1 Å². The van der Waals surface area contributed by atoms with Crippen LogP contribution in [0, 0.1) is 0 Å². The Morgan fingerprint density at radius 3 is 2.43 bits per heavy atom. The standard InChI is InChI=1S/C25H50N6O11/c1-25(38)10-39-24(18(36)21(25)29-2)42-20-14(31-22(37)16(34)15(33)8-26)7-13(28)19(17(20)35)41-23-12(27)4-3-11(40-23)9-30-5-6-32/h11-21,23-24,29-30,32-36,38H,3-10,26-28H2,1-2H3,(H,31,37)/t11-,12+,13-,14+,15-,16-,17-,18+,19+,20-,21+,23+,24+,25-/m0/s1. The zero-order valence-electron chi connectivity index (χ0n) is 24.1. The third-order valence-electron chi connectivity index (χ3n) is 8.10. The number of nitrogens with two attached hydrogens (primary N) is 3. The quantitative estimate of drug-likeness (QED) is 0.0863. The average molecular weight is 611 g/mol. The van der Waals surface area contributed by atoms with E-state index in [1.807, 2.05) is 0 Å². The van der Waals surface area contributed by atoms with Crippen LogP contribution in [-0.4, -0.2) is 162 Å². The van der Waals surface area contributed by atoms with Gasteiger partial charge in [-0.15, -0.1) is 0 Å². The first kappa shape index (κ1) is 35.4. The molecular weight excluding hydrogens is 560 g/mol.